The van der Waals surface area contributed by atoms with Crippen molar-refractivity contribution in [1.29, 1.82) is 0 Å². The first-order valence-corrected chi connectivity index (χ1v) is 8.41. The Labute approximate surface area is 139 Å². The molecule has 0 saturated heterocycles. The Morgan fingerprint density at radius 1 is 1.30 bits per heavy atom. The molecule has 1 unspecified atom stereocenters. The van der Waals surface area contributed by atoms with Gasteiger partial charge in [0.05, 0.1) is 5.52 Å². The summed E-state index contributed by atoms with van der Waals surface area (Å²) in [7, 11) is 0. The minimum absolute atomic E-state index is 0.227. The zero-order valence-electron chi connectivity index (χ0n) is 12.6. The maximum Gasteiger partial charge on any atom is 0.221 e. The van der Waals surface area contributed by atoms with E-state index in [1.807, 2.05) is 6.07 Å². The maximum atomic E-state index is 13.6. The second-order valence-corrected chi connectivity index (χ2v) is 7.16. The zero-order chi connectivity index (χ0) is 16.0. The molecule has 2 aliphatic rings. The summed E-state index contributed by atoms with van der Waals surface area (Å²) in [6, 6.07) is 6.73. The average molecular weight is 330 g/mol. The third-order valence-corrected chi connectivity index (χ3v) is 5.40. The summed E-state index contributed by atoms with van der Waals surface area (Å²) < 4.78 is 13.6. The van der Waals surface area contributed by atoms with Crippen LogP contribution in [0.1, 0.15) is 31.2 Å². The van der Waals surface area contributed by atoms with E-state index in [0.29, 0.717) is 24.2 Å². The quantitative estimate of drug-likeness (QED) is 0.745. The van der Waals surface area contributed by atoms with Crippen molar-refractivity contribution in [1.82, 2.24) is 4.98 Å². The first-order chi connectivity index (χ1) is 11.1. The second kappa shape index (κ2) is 5.72. The van der Waals surface area contributed by atoms with Crippen LogP contribution in [0.5, 0.6) is 0 Å². The van der Waals surface area contributed by atoms with Gasteiger partial charge in [0.25, 0.3) is 0 Å². The number of carbonyl (C=O) groups is 1. The largest absolute Gasteiger partial charge is 0.281 e. The van der Waals surface area contributed by atoms with Gasteiger partial charge in [0.2, 0.25) is 5.24 Å². The van der Waals surface area contributed by atoms with Crippen LogP contribution in [0.4, 0.5) is 4.39 Å². The van der Waals surface area contributed by atoms with Crippen molar-refractivity contribution in [3.8, 4) is 0 Å². The average Bonchev–Trinajstić information content (AvgIpc) is 3.04. The lowest BCUT2D eigenvalue weighted by molar-refractivity contribution is -0.112. The minimum Gasteiger partial charge on any atom is -0.281 e. The highest BCUT2D eigenvalue weighted by atomic mass is 35.5. The molecule has 0 N–H and O–H groups in total. The Morgan fingerprint density at radius 3 is 2.96 bits per heavy atom. The van der Waals surface area contributed by atoms with Gasteiger partial charge < -0.3 is 0 Å². The summed E-state index contributed by atoms with van der Waals surface area (Å²) >= 11 is 5.52. The van der Waals surface area contributed by atoms with Crippen LogP contribution >= 0.6 is 11.6 Å². The van der Waals surface area contributed by atoms with Crippen molar-refractivity contribution >= 4 is 33.3 Å². The Bertz CT molecular complexity index is 816. The molecule has 2 aliphatic carbocycles. The molecule has 3 atom stereocenters. The molecule has 0 spiro atoms. The summed E-state index contributed by atoms with van der Waals surface area (Å²) in [6.07, 6.45) is 7.68. The monoisotopic (exact) mass is 329 g/mol. The van der Waals surface area contributed by atoms with E-state index < -0.39 is 0 Å². The van der Waals surface area contributed by atoms with Gasteiger partial charge in [-0.1, -0.05) is 6.08 Å². The number of hydrogen-bond donors (Lipinski definition) is 0. The fourth-order valence-electron chi connectivity index (χ4n) is 4.32. The summed E-state index contributed by atoms with van der Waals surface area (Å²) in [5.74, 6) is 1.29. The number of benzene rings is 1. The number of carbonyl (C=O) groups excluding carboxylic acids is 1. The third-order valence-electron chi connectivity index (χ3n) is 5.24. The lowest BCUT2D eigenvalue weighted by Crippen LogP contribution is -2.01. The minimum atomic E-state index is -0.230. The van der Waals surface area contributed by atoms with Gasteiger partial charge in [-0.05, 0) is 84.0 Å². The van der Waals surface area contributed by atoms with Crippen LogP contribution in [-0.4, -0.2) is 10.2 Å². The van der Waals surface area contributed by atoms with Crippen LogP contribution in [-0.2, 0) is 4.79 Å². The van der Waals surface area contributed by atoms with Crippen LogP contribution < -0.4 is 0 Å². The first-order valence-electron chi connectivity index (χ1n) is 8.04. The summed E-state index contributed by atoms with van der Waals surface area (Å²) in [4.78, 5) is 15.4. The summed E-state index contributed by atoms with van der Waals surface area (Å²) in [5, 5.41) is 0.654. The molecule has 2 nitrogen and oxygen atoms in total. The first kappa shape index (κ1) is 14.8. The standard InChI is InChI=1S/C19H17ClFNO/c20-19(23)7-11-5-12-8-14(9-13(12)6-11)16-3-4-22-18-2-1-15(21)10-17(16)18/h1-4,8,10-13H,5-7,9H2/t11-,12-,13?/m0/s1. The van der Waals surface area contributed by atoms with Gasteiger partial charge in [0.15, 0.2) is 0 Å². The van der Waals surface area contributed by atoms with Gasteiger partial charge in [-0.3, -0.25) is 9.78 Å². The van der Waals surface area contributed by atoms with E-state index in [1.165, 1.54) is 11.6 Å². The molecule has 0 aliphatic heterocycles. The highest BCUT2D eigenvalue weighted by molar-refractivity contribution is 6.63. The fraction of sp³-hybridized carbons (Fsp3) is 0.368. The maximum absolute atomic E-state index is 13.6. The van der Waals surface area contributed by atoms with E-state index in [4.69, 9.17) is 11.6 Å². The molecular weight excluding hydrogens is 313 g/mol. The third kappa shape index (κ3) is 2.78. The van der Waals surface area contributed by atoms with Crippen LogP contribution in [0.25, 0.3) is 16.5 Å². The number of aromatic nitrogens is 1. The molecule has 4 heteroatoms. The van der Waals surface area contributed by atoms with Crippen molar-refractivity contribution in [2.45, 2.75) is 25.7 Å². The van der Waals surface area contributed by atoms with E-state index in [1.54, 1.807) is 18.3 Å². The number of halogens is 2. The van der Waals surface area contributed by atoms with Crippen LogP contribution in [0, 0.1) is 23.6 Å². The highest BCUT2D eigenvalue weighted by Gasteiger charge is 2.38. The van der Waals surface area contributed by atoms with Crippen LogP contribution in [0.15, 0.2) is 36.5 Å². The van der Waals surface area contributed by atoms with Crippen molar-refractivity contribution in [3.05, 3.63) is 47.9 Å². The Balaban J connectivity index is 1.64. The normalized spacial score (nSPS) is 26.3. The van der Waals surface area contributed by atoms with E-state index >= 15 is 0 Å². The zero-order valence-corrected chi connectivity index (χ0v) is 13.4. The smallest absolute Gasteiger partial charge is 0.221 e. The number of fused-ring (bicyclic) bond motifs is 2. The molecule has 1 saturated carbocycles. The van der Waals surface area contributed by atoms with Gasteiger partial charge in [-0.15, -0.1) is 0 Å². The molecule has 2 aromatic rings. The molecule has 1 fully saturated rings. The molecule has 0 radical (unpaired) electrons. The van der Waals surface area contributed by atoms with Gasteiger partial charge >= 0.3 is 0 Å². The van der Waals surface area contributed by atoms with Gasteiger partial charge in [0, 0.05) is 18.0 Å². The molecule has 0 bridgehead atoms. The molecule has 1 aromatic carbocycles. The second-order valence-electron chi connectivity index (χ2n) is 6.74. The Kier molecular flexibility index (Phi) is 3.68. The SMILES string of the molecule is O=C(Cl)C[C@@H]1CC2CC(c3ccnc4ccc(F)cc34)=C[C@@H]2C1. The fourth-order valence-corrected chi connectivity index (χ4v) is 4.53. The topological polar surface area (TPSA) is 30.0 Å². The molecule has 4 rings (SSSR count). The highest BCUT2D eigenvalue weighted by Crippen LogP contribution is 2.49. The number of allylic oxidation sites excluding steroid dienone is 2. The van der Waals surface area contributed by atoms with Gasteiger partial charge in [0.1, 0.15) is 5.82 Å². The van der Waals surface area contributed by atoms with Crippen molar-refractivity contribution in [3.63, 3.8) is 0 Å². The molecule has 1 aromatic heterocycles. The van der Waals surface area contributed by atoms with Crippen molar-refractivity contribution in [2.75, 3.05) is 0 Å². The molecule has 118 valence electrons. The molecule has 0 amide bonds. The molecule has 1 heterocycles. The van der Waals surface area contributed by atoms with E-state index in [-0.39, 0.29) is 11.1 Å². The summed E-state index contributed by atoms with van der Waals surface area (Å²) in [6.45, 7) is 0. The van der Waals surface area contributed by atoms with E-state index in [2.05, 4.69) is 11.1 Å². The van der Waals surface area contributed by atoms with Crippen molar-refractivity contribution < 1.29 is 9.18 Å². The predicted molar refractivity (Wildman–Crippen MR) is 89.5 cm³/mol. The van der Waals surface area contributed by atoms with E-state index in [0.717, 1.165) is 35.7 Å². The van der Waals surface area contributed by atoms with Gasteiger partial charge in [-0.2, -0.15) is 0 Å². The number of pyridine rings is 1. The molecule has 23 heavy (non-hydrogen) atoms. The lowest BCUT2D eigenvalue weighted by atomic mass is 9.94. The number of rotatable bonds is 3. The molecular formula is C19H17ClFNO. The summed E-state index contributed by atoms with van der Waals surface area (Å²) in [5.41, 5.74) is 3.20. The number of hydrogen-bond acceptors (Lipinski definition) is 2. The van der Waals surface area contributed by atoms with E-state index in [9.17, 15) is 9.18 Å². The predicted octanol–water partition coefficient (Wildman–Crippen LogP) is 4.96. The Hall–Kier alpha value is -1.74. The van der Waals surface area contributed by atoms with Crippen LogP contribution in [0.2, 0.25) is 0 Å². The van der Waals surface area contributed by atoms with Crippen LogP contribution in [0.3, 0.4) is 0 Å². The Morgan fingerprint density at radius 2 is 2.17 bits per heavy atom. The number of nitrogens with zero attached hydrogens (tertiary/aromatic N) is 1. The lowest BCUT2D eigenvalue weighted by Gasteiger charge is -2.11. The van der Waals surface area contributed by atoms with Crippen molar-refractivity contribution in [2.24, 2.45) is 17.8 Å². The van der Waals surface area contributed by atoms with Gasteiger partial charge in [-0.25, -0.2) is 4.39 Å².